The first kappa shape index (κ1) is 16.6. The van der Waals surface area contributed by atoms with E-state index in [1.165, 1.54) is 17.7 Å². The molecular formula is C18H23FN4O. The van der Waals surface area contributed by atoms with Crippen molar-refractivity contribution in [3.05, 3.63) is 48.0 Å². The van der Waals surface area contributed by atoms with Gasteiger partial charge in [0.2, 0.25) is 5.91 Å². The molecule has 2 aromatic rings. The van der Waals surface area contributed by atoms with Gasteiger partial charge in [-0.15, -0.1) is 0 Å². The van der Waals surface area contributed by atoms with E-state index < -0.39 is 0 Å². The van der Waals surface area contributed by atoms with Gasteiger partial charge in [-0.3, -0.25) is 14.4 Å². The number of amides is 1. The Balaban J connectivity index is 1.53. The number of likely N-dealkylation sites (tertiary alicyclic amines) is 1. The highest BCUT2D eigenvalue weighted by Crippen LogP contribution is 2.23. The minimum Gasteiger partial charge on any atom is -0.325 e. The Kier molecular flexibility index (Phi) is 4.94. The second-order valence-corrected chi connectivity index (χ2v) is 6.55. The van der Waals surface area contributed by atoms with Crippen LogP contribution in [0, 0.1) is 11.7 Å². The van der Waals surface area contributed by atoms with Crippen molar-refractivity contribution in [2.45, 2.75) is 25.8 Å². The summed E-state index contributed by atoms with van der Waals surface area (Å²) in [4.78, 5) is 14.6. The minimum atomic E-state index is -0.349. The fourth-order valence-corrected chi connectivity index (χ4v) is 3.27. The third kappa shape index (κ3) is 4.00. The van der Waals surface area contributed by atoms with E-state index in [0.29, 0.717) is 11.6 Å². The standard InChI is InChI=1S/C18H23FN4O/c1-13(18(24)21-17-5-3-4-16(19)9-17)23-7-6-14(12-23)8-15-10-20-22(2)11-15/h3-5,9-11,13-14H,6-8,12H2,1-2H3,(H,21,24). The monoisotopic (exact) mass is 330 g/mol. The van der Waals surface area contributed by atoms with Crippen LogP contribution in [0.2, 0.25) is 0 Å². The van der Waals surface area contributed by atoms with Crippen molar-refractivity contribution in [3.8, 4) is 0 Å². The molecular weight excluding hydrogens is 307 g/mol. The number of hydrogen-bond acceptors (Lipinski definition) is 3. The molecule has 128 valence electrons. The SMILES string of the molecule is CC(C(=O)Nc1cccc(F)c1)N1CCC(Cc2cnn(C)c2)C1. The molecule has 0 radical (unpaired) electrons. The third-order valence-corrected chi connectivity index (χ3v) is 4.62. The summed E-state index contributed by atoms with van der Waals surface area (Å²) in [5, 5.41) is 7.00. The van der Waals surface area contributed by atoms with Crippen molar-refractivity contribution in [3.63, 3.8) is 0 Å². The molecule has 0 spiro atoms. The van der Waals surface area contributed by atoms with Gasteiger partial charge >= 0.3 is 0 Å². The van der Waals surface area contributed by atoms with Crippen LogP contribution in [0.1, 0.15) is 18.9 Å². The summed E-state index contributed by atoms with van der Waals surface area (Å²) in [6.07, 6.45) is 6.01. The molecule has 2 unspecified atom stereocenters. The van der Waals surface area contributed by atoms with Crippen molar-refractivity contribution in [1.82, 2.24) is 14.7 Å². The average Bonchev–Trinajstić information content (AvgIpc) is 3.16. The van der Waals surface area contributed by atoms with Crippen LogP contribution in [0.5, 0.6) is 0 Å². The fourth-order valence-electron chi connectivity index (χ4n) is 3.27. The van der Waals surface area contributed by atoms with E-state index in [9.17, 15) is 9.18 Å². The van der Waals surface area contributed by atoms with Crippen molar-refractivity contribution in [2.75, 3.05) is 18.4 Å². The Morgan fingerprint density at radius 3 is 3.04 bits per heavy atom. The molecule has 1 fully saturated rings. The highest BCUT2D eigenvalue weighted by molar-refractivity contribution is 5.94. The number of carbonyl (C=O) groups is 1. The van der Waals surface area contributed by atoms with Crippen molar-refractivity contribution in [1.29, 1.82) is 0 Å². The lowest BCUT2D eigenvalue weighted by atomic mass is 10.0. The van der Waals surface area contributed by atoms with Gasteiger partial charge in [-0.1, -0.05) is 6.07 Å². The number of nitrogens with zero attached hydrogens (tertiary/aromatic N) is 3. The first-order valence-electron chi connectivity index (χ1n) is 8.29. The number of nitrogens with one attached hydrogen (secondary N) is 1. The Bertz CT molecular complexity index is 715. The first-order valence-corrected chi connectivity index (χ1v) is 8.29. The van der Waals surface area contributed by atoms with Crippen molar-refractivity contribution < 1.29 is 9.18 Å². The van der Waals surface area contributed by atoms with Crippen LogP contribution >= 0.6 is 0 Å². The highest BCUT2D eigenvalue weighted by Gasteiger charge is 2.29. The van der Waals surface area contributed by atoms with E-state index in [1.807, 2.05) is 31.0 Å². The second kappa shape index (κ2) is 7.13. The van der Waals surface area contributed by atoms with E-state index in [2.05, 4.69) is 15.3 Å². The zero-order valence-corrected chi connectivity index (χ0v) is 14.1. The first-order chi connectivity index (χ1) is 11.5. The number of aromatic nitrogens is 2. The van der Waals surface area contributed by atoms with Gasteiger partial charge in [0.05, 0.1) is 12.2 Å². The van der Waals surface area contributed by atoms with Gasteiger partial charge in [-0.2, -0.15) is 5.10 Å². The van der Waals surface area contributed by atoms with E-state index in [4.69, 9.17) is 0 Å². The molecule has 5 nitrogen and oxygen atoms in total. The van der Waals surface area contributed by atoms with Crippen LogP contribution in [-0.2, 0) is 18.3 Å². The summed E-state index contributed by atoms with van der Waals surface area (Å²) < 4.78 is 15.0. The summed E-state index contributed by atoms with van der Waals surface area (Å²) in [6.45, 7) is 3.70. The van der Waals surface area contributed by atoms with Gasteiger partial charge in [0.1, 0.15) is 5.82 Å². The number of aryl methyl sites for hydroxylation is 1. The number of hydrogen-bond donors (Lipinski definition) is 1. The number of rotatable bonds is 5. The van der Waals surface area contributed by atoms with Gasteiger partial charge in [0.25, 0.3) is 0 Å². The lowest BCUT2D eigenvalue weighted by Gasteiger charge is -2.23. The summed E-state index contributed by atoms with van der Waals surface area (Å²) in [5.41, 5.74) is 1.74. The highest BCUT2D eigenvalue weighted by atomic mass is 19.1. The molecule has 0 bridgehead atoms. The van der Waals surface area contributed by atoms with Gasteiger partial charge in [0, 0.05) is 25.5 Å². The Hall–Kier alpha value is -2.21. The third-order valence-electron chi connectivity index (χ3n) is 4.62. The molecule has 1 aliphatic rings. The van der Waals surface area contributed by atoms with E-state index in [1.54, 1.807) is 12.1 Å². The van der Waals surface area contributed by atoms with Crippen molar-refractivity contribution >= 4 is 11.6 Å². The predicted octanol–water partition coefficient (Wildman–Crippen LogP) is 2.45. The molecule has 6 heteroatoms. The summed E-state index contributed by atoms with van der Waals surface area (Å²) >= 11 is 0. The van der Waals surface area contributed by atoms with Crippen LogP contribution < -0.4 is 5.32 Å². The van der Waals surface area contributed by atoms with E-state index in [-0.39, 0.29) is 17.8 Å². The second-order valence-electron chi connectivity index (χ2n) is 6.55. The van der Waals surface area contributed by atoms with Gasteiger partial charge in [-0.05, 0) is 56.0 Å². The van der Waals surface area contributed by atoms with E-state index >= 15 is 0 Å². The molecule has 1 N–H and O–H groups in total. The van der Waals surface area contributed by atoms with Crippen LogP contribution in [0.15, 0.2) is 36.7 Å². The Morgan fingerprint density at radius 2 is 2.33 bits per heavy atom. The molecule has 0 aliphatic carbocycles. The van der Waals surface area contributed by atoms with Crippen molar-refractivity contribution in [2.24, 2.45) is 13.0 Å². The average molecular weight is 330 g/mol. The number of anilines is 1. The Morgan fingerprint density at radius 1 is 1.50 bits per heavy atom. The molecule has 1 aromatic carbocycles. The van der Waals surface area contributed by atoms with Crippen LogP contribution in [0.25, 0.3) is 0 Å². The lowest BCUT2D eigenvalue weighted by molar-refractivity contribution is -0.120. The maximum Gasteiger partial charge on any atom is 0.241 e. The zero-order chi connectivity index (χ0) is 17.1. The molecule has 3 rings (SSSR count). The Labute approximate surface area is 141 Å². The molecule has 1 aliphatic heterocycles. The van der Waals surface area contributed by atoms with Crippen LogP contribution in [0.4, 0.5) is 10.1 Å². The fraction of sp³-hybridized carbons (Fsp3) is 0.444. The van der Waals surface area contributed by atoms with Gasteiger partial charge in [-0.25, -0.2) is 4.39 Å². The molecule has 0 saturated carbocycles. The number of benzene rings is 1. The molecule has 2 heterocycles. The molecule has 1 aromatic heterocycles. The van der Waals surface area contributed by atoms with Crippen LogP contribution in [-0.4, -0.2) is 39.7 Å². The molecule has 1 amide bonds. The van der Waals surface area contributed by atoms with Gasteiger partial charge in [0.15, 0.2) is 0 Å². The number of halogens is 1. The summed E-state index contributed by atoms with van der Waals surface area (Å²) in [7, 11) is 1.92. The molecule has 2 atom stereocenters. The quantitative estimate of drug-likeness (QED) is 0.916. The molecule has 1 saturated heterocycles. The summed E-state index contributed by atoms with van der Waals surface area (Å²) in [6, 6.07) is 5.76. The maximum absolute atomic E-state index is 13.2. The van der Waals surface area contributed by atoms with Gasteiger partial charge < -0.3 is 5.32 Å². The summed E-state index contributed by atoms with van der Waals surface area (Å²) in [5.74, 6) is 0.0967. The largest absolute Gasteiger partial charge is 0.325 e. The predicted molar refractivity (Wildman–Crippen MR) is 91.1 cm³/mol. The maximum atomic E-state index is 13.2. The molecule has 24 heavy (non-hydrogen) atoms. The minimum absolute atomic E-state index is 0.0948. The van der Waals surface area contributed by atoms with Crippen LogP contribution in [0.3, 0.4) is 0 Å². The zero-order valence-electron chi connectivity index (χ0n) is 14.1. The smallest absolute Gasteiger partial charge is 0.241 e. The number of carbonyl (C=O) groups excluding carboxylic acids is 1. The normalized spacial score (nSPS) is 19.4. The topological polar surface area (TPSA) is 50.2 Å². The van der Waals surface area contributed by atoms with E-state index in [0.717, 1.165) is 25.9 Å². The lowest BCUT2D eigenvalue weighted by Crippen LogP contribution is -2.40.